The topological polar surface area (TPSA) is 99.1 Å². The standard InChI is InChI=1S/C11H17N3O3S/c12-9-2-1-7(5-9)11-13-10(14-17-11)8-3-4-18(15,16)6-8/h7-9H,1-6,12H2. The maximum absolute atomic E-state index is 11.4. The van der Waals surface area contributed by atoms with Gasteiger partial charge in [0, 0.05) is 17.9 Å². The Morgan fingerprint density at radius 1 is 1.22 bits per heavy atom. The molecule has 2 heterocycles. The van der Waals surface area contributed by atoms with Gasteiger partial charge in [0.05, 0.1) is 11.5 Å². The molecule has 3 rings (SSSR count). The van der Waals surface area contributed by atoms with Gasteiger partial charge in [0.25, 0.3) is 0 Å². The second-order valence-electron chi connectivity index (χ2n) is 5.36. The summed E-state index contributed by atoms with van der Waals surface area (Å²) < 4.78 is 28.1. The number of rotatable bonds is 2. The summed E-state index contributed by atoms with van der Waals surface area (Å²) in [6.45, 7) is 0. The second-order valence-corrected chi connectivity index (χ2v) is 7.59. The molecule has 2 N–H and O–H groups in total. The van der Waals surface area contributed by atoms with Crippen LogP contribution in [0.2, 0.25) is 0 Å². The van der Waals surface area contributed by atoms with E-state index in [1.165, 1.54) is 0 Å². The third-order valence-corrected chi connectivity index (χ3v) is 5.65. The molecule has 2 aliphatic rings. The van der Waals surface area contributed by atoms with E-state index in [-0.39, 0.29) is 29.4 Å². The summed E-state index contributed by atoms with van der Waals surface area (Å²) in [7, 11) is -2.90. The van der Waals surface area contributed by atoms with Crippen molar-refractivity contribution in [2.75, 3.05) is 11.5 Å². The molecular weight excluding hydrogens is 254 g/mol. The van der Waals surface area contributed by atoms with Crippen LogP contribution in [0, 0.1) is 0 Å². The van der Waals surface area contributed by atoms with Crippen LogP contribution in [0.25, 0.3) is 0 Å². The van der Waals surface area contributed by atoms with Gasteiger partial charge in [-0.3, -0.25) is 0 Å². The van der Waals surface area contributed by atoms with E-state index in [0.717, 1.165) is 19.3 Å². The van der Waals surface area contributed by atoms with Crippen LogP contribution in [0.1, 0.15) is 49.2 Å². The summed E-state index contributed by atoms with van der Waals surface area (Å²) in [6.07, 6.45) is 3.45. The maximum atomic E-state index is 11.4. The monoisotopic (exact) mass is 271 g/mol. The summed E-state index contributed by atoms with van der Waals surface area (Å²) in [5.74, 6) is 1.71. The first kappa shape index (κ1) is 12.1. The molecule has 1 aliphatic heterocycles. The molecule has 1 aromatic heterocycles. The van der Waals surface area contributed by atoms with Gasteiger partial charge in [-0.1, -0.05) is 5.16 Å². The highest BCUT2D eigenvalue weighted by Crippen LogP contribution is 2.34. The molecule has 0 spiro atoms. The van der Waals surface area contributed by atoms with Gasteiger partial charge in [0.2, 0.25) is 5.89 Å². The molecule has 1 saturated carbocycles. The zero-order valence-electron chi connectivity index (χ0n) is 10.1. The van der Waals surface area contributed by atoms with E-state index in [9.17, 15) is 8.42 Å². The summed E-state index contributed by atoms with van der Waals surface area (Å²) >= 11 is 0. The molecule has 0 radical (unpaired) electrons. The van der Waals surface area contributed by atoms with E-state index < -0.39 is 9.84 Å². The van der Waals surface area contributed by atoms with Crippen LogP contribution in [-0.2, 0) is 9.84 Å². The van der Waals surface area contributed by atoms with Crippen molar-refractivity contribution in [1.82, 2.24) is 10.1 Å². The predicted octanol–water partition coefficient (Wildman–Crippen LogP) is 0.566. The molecule has 1 aliphatic carbocycles. The van der Waals surface area contributed by atoms with Crippen LogP contribution < -0.4 is 5.73 Å². The van der Waals surface area contributed by atoms with Crippen LogP contribution in [0.5, 0.6) is 0 Å². The number of aromatic nitrogens is 2. The number of sulfone groups is 1. The summed E-state index contributed by atoms with van der Waals surface area (Å²) in [5, 5.41) is 3.94. The smallest absolute Gasteiger partial charge is 0.229 e. The molecule has 100 valence electrons. The minimum absolute atomic E-state index is 0.0948. The molecule has 0 aromatic carbocycles. The van der Waals surface area contributed by atoms with Gasteiger partial charge in [-0.15, -0.1) is 0 Å². The van der Waals surface area contributed by atoms with E-state index >= 15 is 0 Å². The number of hydrogen-bond donors (Lipinski definition) is 1. The lowest BCUT2D eigenvalue weighted by atomic mass is 10.1. The van der Waals surface area contributed by atoms with E-state index in [2.05, 4.69) is 10.1 Å². The molecule has 0 bridgehead atoms. The van der Waals surface area contributed by atoms with Crippen molar-refractivity contribution >= 4 is 9.84 Å². The number of nitrogens with zero attached hydrogens (tertiary/aromatic N) is 2. The highest BCUT2D eigenvalue weighted by molar-refractivity contribution is 7.91. The fourth-order valence-electron chi connectivity index (χ4n) is 2.82. The molecule has 6 nitrogen and oxygen atoms in total. The lowest BCUT2D eigenvalue weighted by molar-refractivity contribution is 0.347. The first-order valence-electron chi connectivity index (χ1n) is 6.33. The Bertz CT molecular complexity index is 539. The first-order valence-corrected chi connectivity index (χ1v) is 8.15. The van der Waals surface area contributed by atoms with E-state index in [0.29, 0.717) is 18.1 Å². The van der Waals surface area contributed by atoms with Gasteiger partial charge in [-0.25, -0.2) is 8.42 Å². The Morgan fingerprint density at radius 2 is 2.06 bits per heavy atom. The summed E-state index contributed by atoms with van der Waals surface area (Å²) in [5.41, 5.74) is 5.86. The molecule has 3 atom stereocenters. The Kier molecular flexibility index (Phi) is 2.90. The van der Waals surface area contributed by atoms with Crippen LogP contribution in [0.15, 0.2) is 4.52 Å². The van der Waals surface area contributed by atoms with Crippen molar-refractivity contribution in [2.24, 2.45) is 5.73 Å². The van der Waals surface area contributed by atoms with E-state index in [1.54, 1.807) is 0 Å². The molecular formula is C11H17N3O3S. The number of nitrogens with two attached hydrogens (primary N) is 1. The number of hydrogen-bond acceptors (Lipinski definition) is 6. The lowest BCUT2D eigenvalue weighted by Gasteiger charge is -2.02. The quantitative estimate of drug-likeness (QED) is 0.844. The van der Waals surface area contributed by atoms with Crippen LogP contribution in [0.3, 0.4) is 0 Å². The Balaban J connectivity index is 1.74. The highest BCUT2D eigenvalue weighted by atomic mass is 32.2. The summed E-state index contributed by atoms with van der Waals surface area (Å²) in [6, 6.07) is 0.220. The van der Waals surface area contributed by atoms with Gasteiger partial charge < -0.3 is 10.3 Å². The average Bonchev–Trinajstić information content (AvgIpc) is 2.96. The van der Waals surface area contributed by atoms with Crippen molar-refractivity contribution in [3.05, 3.63) is 11.7 Å². The van der Waals surface area contributed by atoms with E-state index in [1.807, 2.05) is 0 Å². The van der Waals surface area contributed by atoms with Crippen molar-refractivity contribution < 1.29 is 12.9 Å². The first-order chi connectivity index (χ1) is 8.53. The van der Waals surface area contributed by atoms with Crippen LogP contribution in [0.4, 0.5) is 0 Å². The zero-order valence-corrected chi connectivity index (χ0v) is 10.9. The Labute approximate surface area is 106 Å². The highest BCUT2D eigenvalue weighted by Gasteiger charge is 2.34. The normalized spacial score (nSPS) is 35.1. The summed E-state index contributed by atoms with van der Waals surface area (Å²) in [4.78, 5) is 4.38. The Hall–Kier alpha value is -0.950. The molecule has 18 heavy (non-hydrogen) atoms. The molecule has 0 amide bonds. The second kappa shape index (κ2) is 4.31. The fourth-order valence-corrected chi connectivity index (χ4v) is 4.56. The lowest BCUT2D eigenvalue weighted by Crippen LogP contribution is -2.14. The van der Waals surface area contributed by atoms with Gasteiger partial charge in [0.15, 0.2) is 15.7 Å². The SMILES string of the molecule is NC1CCC(c2nc(C3CCS(=O)(=O)C3)no2)C1. The fraction of sp³-hybridized carbons (Fsp3) is 0.818. The van der Waals surface area contributed by atoms with Gasteiger partial charge in [-0.2, -0.15) is 4.98 Å². The molecule has 2 fully saturated rings. The third-order valence-electron chi connectivity index (χ3n) is 3.88. The van der Waals surface area contributed by atoms with Gasteiger partial charge in [0.1, 0.15) is 0 Å². The molecule has 1 saturated heterocycles. The molecule has 7 heteroatoms. The largest absolute Gasteiger partial charge is 0.339 e. The Morgan fingerprint density at radius 3 is 2.67 bits per heavy atom. The zero-order chi connectivity index (χ0) is 12.8. The molecule has 3 unspecified atom stereocenters. The van der Waals surface area contributed by atoms with Crippen LogP contribution in [-0.4, -0.2) is 36.1 Å². The third kappa shape index (κ3) is 2.29. The maximum Gasteiger partial charge on any atom is 0.229 e. The molecule has 1 aromatic rings. The van der Waals surface area contributed by atoms with Crippen molar-refractivity contribution in [3.8, 4) is 0 Å². The van der Waals surface area contributed by atoms with Crippen molar-refractivity contribution in [2.45, 2.75) is 43.6 Å². The predicted molar refractivity (Wildman–Crippen MR) is 64.9 cm³/mol. The minimum Gasteiger partial charge on any atom is -0.339 e. The van der Waals surface area contributed by atoms with Crippen molar-refractivity contribution in [1.29, 1.82) is 0 Å². The van der Waals surface area contributed by atoms with E-state index in [4.69, 9.17) is 10.3 Å². The minimum atomic E-state index is -2.90. The van der Waals surface area contributed by atoms with Crippen LogP contribution >= 0.6 is 0 Å². The van der Waals surface area contributed by atoms with Gasteiger partial charge in [-0.05, 0) is 25.7 Å². The van der Waals surface area contributed by atoms with Crippen molar-refractivity contribution in [3.63, 3.8) is 0 Å². The van der Waals surface area contributed by atoms with Gasteiger partial charge >= 0.3 is 0 Å². The average molecular weight is 271 g/mol.